The molecule has 2 rings (SSSR count). The highest BCUT2D eigenvalue weighted by Crippen LogP contribution is 2.17. The van der Waals surface area contributed by atoms with Crippen LogP contribution in [0.5, 0.6) is 0 Å². The number of nitrogens with one attached hydrogen (secondary N) is 1. The predicted octanol–water partition coefficient (Wildman–Crippen LogP) is 4.15. The zero-order valence-electron chi connectivity index (χ0n) is 11.7. The van der Waals surface area contributed by atoms with E-state index >= 15 is 0 Å². The second kappa shape index (κ2) is 8.10. The first-order valence-corrected chi connectivity index (χ1v) is 7.25. The molecule has 0 saturated carbocycles. The molecule has 0 spiro atoms. The Morgan fingerprint density at radius 3 is 2.90 bits per heavy atom. The summed E-state index contributed by atoms with van der Waals surface area (Å²) in [4.78, 5) is 0. The molecule has 1 aromatic carbocycles. The average molecular weight is 294 g/mol. The standard InChI is InChI=1S/C16H20ClNO2/c1-2-7-18-9-13-8-15(20-10-13)12-19-11-14-5-3-4-6-16(14)17/h3-6,8,10,18H,2,7,9,11-12H2,1H3. The second-order valence-corrected chi connectivity index (χ2v) is 5.09. The van der Waals surface area contributed by atoms with Crippen LogP contribution in [-0.4, -0.2) is 6.54 Å². The van der Waals surface area contributed by atoms with Gasteiger partial charge in [0.1, 0.15) is 12.4 Å². The first-order chi connectivity index (χ1) is 9.79. The van der Waals surface area contributed by atoms with Crippen molar-refractivity contribution in [1.29, 1.82) is 0 Å². The Morgan fingerprint density at radius 2 is 2.10 bits per heavy atom. The van der Waals surface area contributed by atoms with Crippen LogP contribution in [0.25, 0.3) is 0 Å². The highest BCUT2D eigenvalue weighted by Gasteiger charge is 2.03. The topological polar surface area (TPSA) is 34.4 Å². The van der Waals surface area contributed by atoms with Gasteiger partial charge in [-0.3, -0.25) is 0 Å². The van der Waals surface area contributed by atoms with E-state index in [2.05, 4.69) is 12.2 Å². The molecule has 0 amide bonds. The van der Waals surface area contributed by atoms with Gasteiger partial charge in [-0.05, 0) is 30.7 Å². The van der Waals surface area contributed by atoms with Gasteiger partial charge >= 0.3 is 0 Å². The van der Waals surface area contributed by atoms with E-state index in [0.29, 0.717) is 13.2 Å². The largest absolute Gasteiger partial charge is 0.467 e. The van der Waals surface area contributed by atoms with E-state index in [1.54, 1.807) is 6.26 Å². The minimum Gasteiger partial charge on any atom is -0.467 e. The lowest BCUT2D eigenvalue weighted by atomic mass is 10.2. The van der Waals surface area contributed by atoms with Gasteiger partial charge in [0, 0.05) is 17.1 Å². The van der Waals surface area contributed by atoms with Crippen molar-refractivity contribution in [2.24, 2.45) is 0 Å². The van der Waals surface area contributed by atoms with Gasteiger partial charge in [-0.15, -0.1) is 0 Å². The number of halogens is 1. The molecule has 0 unspecified atom stereocenters. The minimum atomic E-state index is 0.457. The van der Waals surface area contributed by atoms with Crippen LogP contribution in [0.15, 0.2) is 41.0 Å². The summed E-state index contributed by atoms with van der Waals surface area (Å²) in [5.41, 5.74) is 2.14. The fraction of sp³-hybridized carbons (Fsp3) is 0.375. The molecule has 1 heterocycles. The molecule has 4 heteroatoms. The van der Waals surface area contributed by atoms with Crippen molar-refractivity contribution in [3.63, 3.8) is 0 Å². The van der Waals surface area contributed by atoms with Crippen molar-refractivity contribution in [1.82, 2.24) is 5.32 Å². The van der Waals surface area contributed by atoms with E-state index in [4.69, 9.17) is 20.8 Å². The maximum atomic E-state index is 6.07. The SMILES string of the molecule is CCCNCc1coc(COCc2ccccc2Cl)c1. The molecular weight excluding hydrogens is 274 g/mol. The second-order valence-electron chi connectivity index (χ2n) is 4.68. The lowest BCUT2D eigenvalue weighted by molar-refractivity contribution is 0.0930. The summed E-state index contributed by atoms with van der Waals surface area (Å²) in [5.74, 6) is 0.838. The Hall–Kier alpha value is -1.29. The van der Waals surface area contributed by atoms with Gasteiger partial charge in [0.25, 0.3) is 0 Å². The number of hydrogen-bond donors (Lipinski definition) is 1. The first-order valence-electron chi connectivity index (χ1n) is 6.87. The normalized spacial score (nSPS) is 10.9. The third-order valence-corrected chi connectivity index (χ3v) is 3.29. The number of ether oxygens (including phenoxy) is 1. The quantitative estimate of drug-likeness (QED) is 0.743. The maximum Gasteiger partial charge on any atom is 0.129 e. The van der Waals surface area contributed by atoms with Crippen LogP contribution in [0, 0.1) is 0 Å². The molecule has 0 atom stereocenters. The van der Waals surface area contributed by atoms with Crippen molar-refractivity contribution in [2.45, 2.75) is 33.1 Å². The van der Waals surface area contributed by atoms with Crippen LogP contribution in [0.3, 0.4) is 0 Å². The Balaban J connectivity index is 1.75. The third kappa shape index (κ3) is 4.67. The van der Waals surface area contributed by atoms with E-state index in [0.717, 1.165) is 41.4 Å². The smallest absolute Gasteiger partial charge is 0.129 e. The fourth-order valence-electron chi connectivity index (χ4n) is 1.88. The Morgan fingerprint density at radius 1 is 1.25 bits per heavy atom. The predicted molar refractivity (Wildman–Crippen MR) is 80.7 cm³/mol. The van der Waals surface area contributed by atoms with Crippen LogP contribution in [-0.2, 0) is 24.5 Å². The zero-order chi connectivity index (χ0) is 14.2. The molecule has 1 N–H and O–H groups in total. The molecule has 0 radical (unpaired) electrons. The van der Waals surface area contributed by atoms with Crippen LogP contribution >= 0.6 is 11.6 Å². The highest BCUT2D eigenvalue weighted by molar-refractivity contribution is 6.31. The molecule has 0 fully saturated rings. The summed E-state index contributed by atoms with van der Waals surface area (Å²) in [5, 5.41) is 4.07. The van der Waals surface area contributed by atoms with Crippen molar-refractivity contribution in [3.8, 4) is 0 Å². The Bertz CT molecular complexity index is 525. The van der Waals surface area contributed by atoms with Gasteiger partial charge in [-0.1, -0.05) is 36.7 Å². The number of furan rings is 1. The molecule has 0 aliphatic heterocycles. The molecule has 2 aromatic rings. The van der Waals surface area contributed by atoms with Crippen molar-refractivity contribution < 1.29 is 9.15 Å². The fourth-order valence-corrected chi connectivity index (χ4v) is 2.07. The number of benzene rings is 1. The van der Waals surface area contributed by atoms with Gasteiger partial charge < -0.3 is 14.5 Å². The van der Waals surface area contributed by atoms with Crippen LogP contribution < -0.4 is 5.32 Å². The summed E-state index contributed by atoms with van der Waals surface area (Å²) < 4.78 is 11.1. The molecule has 0 bridgehead atoms. The van der Waals surface area contributed by atoms with E-state index in [-0.39, 0.29) is 0 Å². The summed E-state index contributed by atoms with van der Waals surface area (Å²) in [6.45, 7) is 4.95. The number of rotatable bonds is 8. The molecule has 0 aliphatic rings. The van der Waals surface area contributed by atoms with Gasteiger partial charge in [0.05, 0.1) is 12.9 Å². The molecule has 1 aromatic heterocycles. The van der Waals surface area contributed by atoms with Crippen LogP contribution in [0.2, 0.25) is 5.02 Å². The molecule has 3 nitrogen and oxygen atoms in total. The summed E-state index contributed by atoms with van der Waals surface area (Å²) >= 11 is 6.07. The summed E-state index contributed by atoms with van der Waals surface area (Å²) in [6.07, 6.45) is 2.91. The van der Waals surface area contributed by atoms with E-state index in [1.165, 1.54) is 0 Å². The van der Waals surface area contributed by atoms with Gasteiger partial charge in [0.2, 0.25) is 0 Å². The molecule has 0 aliphatic carbocycles. The third-order valence-electron chi connectivity index (χ3n) is 2.92. The molecule has 108 valence electrons. The van der Waals surface area contributed by atoms with Gasteiger partial charge in [0.15, 0.2) is 0 Å². The Kier molecular flexibility index (Phi) is 6.12. The minimum absolute atomic E-state index is 0.457. The lowest BCUT2D eigenvalue weighted by Gasteiger charge is -2.04. The number of hydrogen-bond acceptors (Lipinski definition) is 3. The van der Waals surface area contributed by atoms with Crippen LogP contribution in [0.1, 0.15) is 30.2 Å². The summed E-state index contributed by atoms with van der Waals surface area (Å²) in [7, 11) is 0. The highest BCUT2D eigenvalue weighted by atomic mass is 35.5. The van der Waals surface area contributed by atoms with Crippen LogP contribution in [0.4, 0.5) is 0 Å². The lowest BCUT2D eigenvalue weighted by Crippen LogP contribution is -2.13. The Labute approximate surface area is 124 Å². The molecular formula is C16H20ClNO2. The van der Waals surface area contributed by atoms with E-state index in [9.17, 15) is 0 Å². The first kappa shape index (κ1) is 15.1. The van der Waals surface area contributed by atoms with Crippen molar-refractivity contribution >= 4 is 11.6 Å². The zero-order valence-corrected chi connectivity index (χ0v) is 12.5. The average Bonchev–Trinajstić information content (AvgIpc) is 2.89. The maximum absolute atomic E-state index is 6.07. The van der Waals surface area contributed by atoms with Crippen molar-refractivity contribution in [2.75, 3.05) is 6.54 Å². The van der Waals surface area contributed by atoms with E-state index in [1.807, 2.05) is 30.3 Å². The summed E-state index contributed by atoms with van der Waals surface area (Å²) in [6, 6.07) is 9.72. The monoisotopic (exact) mass is 293 g/mol. The van der Waals surface area contributed by atoms with E-state index < -0.39 is 0 Å². The molecule has 0 saturated heterocycles. The molecule has 20 heavy (non-hydrogen) atoms. The van der Waals surface area contributed by atoms with Crippen molar-refractivity contribution in [3.05, 3.63) is 58.5 Å². The van der Waals surface area contributed by atoms with Gasteiger partial charge in [-0.2, -0.15) is 0 Å². The van der Waals surface area contributed by atoms with Gasteiger partial charge in [-0.25, -0.2) is 0 Å².